The zero-order chi connectivity index (χ0) is 13.0. The van der Waals surface area contributed by atoms with Crippen molar-refractivity contribution in [3.63, 3.8) is 0 Å². The number of aromatic nitrogens is 3. The van der Waals surface area contributed by atoms with Gasteiger partial charge in [-0.1, -0.05) is 50.6 Å². The summed E-state index contributed by atoms with van der Waals surface area (Å²) in [5.41, 5.74) is 1.06. The van der Waals surface area contributed by atoms with Gasteiger partial charge in [0.05, 0.1) is 0 Å². The zero-order valence-corrected chi connectivity index (χ0v) is 11.6. The number of hydrogen-bond donors (Lipinski definition) is 0. The van der Waals surface area contributed by atoms with Crippen molar-refractivity contribution in [3.8, 4) is 11.4 Å². The van der Waals surface area contributed by atoms with E-state index in [1.165, 1.54) is 0 Å². The molecule has 0 radical (unpaired) electrons. The summed E-state index contributed by atoms with van der Waals surface area (Å²) in [4.78, 5) is 0. The minimum Gasteiger partial charge on any atom is -0.295 e. The van der Waals surface area contributed by atoms with Crippen molar-refractivity contribution in [1.29, 1.82) is 0 Å². The minimum absolute atomic E-state index is 0.368. The first-order valence-electron chi connectivity index (χ1n) is 6.43. The molecule has 0 amide bonds. The normalized spacial score (nSPS) is 12.6. The second kappa shape index (κ2) is 6.01. The van der Waals surface area contributed by atoms with Crippen LogP contribution < -0.4 is 0 Å². The van der Waals surface area contributed by atoms with Gasteiger partial charge in [-0.25, -0.2) is 0 Å². The first-order chi connectivity index (χ1) is 8.77. The second-order valence-electron chi connectivity index (χ2n) is 4.38. The lowest BCUT2D eigenvalue weighted by molar-refractivity contribution is 0.451. The third kappa shape index (κ3) is 2.56. The summed E-state index contributed by atoms with van der Waals surface area (Å²) >= 11 is 6.19. The van der Waals surface area contributed by atoms with Crippen molar-refractivity contribution in [2.45, 2.75) is 39.2 Å². The van der Waals surface area contributed by atoms with E-state index >= 15 is 0 Å². The topological polar surface area (TPSA) is 30.7 Å². The number of hydrogen-bond acceptors (Lipinski definition) is 2. The lowest BCUT2D eigenvalue weighted by Gasteiger charge is -2.18. The second-order valence-corrected chi connectivity index (χ2v) is 4.72. The van der Waals surface area contributed by atoms with E-state index in [-0.39, 0.29) is 0 Å². The van der Waals surface area contributed by atoms with Crippen LogP contribution in [0.5, 0.6) is 0 Å². The van der Waals surface area contributed by atoms with Crippen molar-refractivity contribution < 1.29 is 0 Å². The third-order valence-electron chi connectivity index (χ3n) is 3.14. The van der Waals surface area contributed by atoms with Gasteiger partial charge in [-0.3, -0.25) is 4.57 Å². The van der Waals surface area contributed by atoms with Gasteiger partial charge in [0.15, 0.2) is 5.82 Å². The smallest absolute Gasteiger partial charge is 0.225 e. The standard InChI is InChI=1S/C14H18ClN3/c1-3-8-12(4-2)18-13(16-17-14(18)15)11-9-6-5-7-10-11/h5-7,9-10,12H,3-4,8H2,1-2H3. The van der Waals surface area contributed by atoms with E-state index in [1.807, 2.05) is 30.3 Å². The van der Waals surface area contributed by atoms with E-state index in [4.69, 9.17) is 11.6 Å². The molecule has 0 N–H and O–H groups in total. The average molecular weight is 264 g/mol. The SMILES string of the molecule is CCCC(CC)n1c(Cl)nnc1-c1ccccc1. The van der Waals surface area contributed by atoms with Crippen LogP contribution in [0.4, 0.5) is 0 Å². The number of benzene rings is 1. The lowest BCUT2D eigenvalue weighted by Crippen LogP contribution is -2.09. The highest BCUT2D eigenvalue weighted by atomic mass is 35.5. The molecule has 0 aliphatic heterocycles. The Morgan fingerprint density at radius 3 is 2.50 bits per heavy atom. The molecule has 96 valence electrons. The molecule has 18 heavy (non-hydrogen) atoms. The number of nitrogens with zero attached hydrogens (tertiary/aromatic N) is 3. The molecule has 0 fully saturated rings. The molecule has 0 aliphatic carbocycles. The number of halogens is 1. The monoisotopic (exact) mass is 263 g/mol. The predicted octanol–water partition coefficient (Wildman–Crippen LogP) is 4.35. The molecular formula is C14H18ClN3. The van der Waals surface area contributed by atoms with Gasteiger partial charge in [0, 0.05) is 11.6 Å². The maximum atomic E-state index is 6.19. The van der Waals surface area contributed by atoms with Crippen molar-refractivity contribution in [1.82, 2.24) is 14.8 Å². The fraction of sp³-hybridized carbons (Fsp3) is 0.429. The van der Waals surface area contributed by atoms with Crippen molar-refractivity contribution in [2.75, 3.05) is 0 Å². The van der Waals surface area contributed by atoms with Gasteiger partial charge < -0.3 is 0 Å². The van der Waals surface area contributed by atoms with Crippen LogP contribution in [0.3, 0.4) is 0 Å². The third-order valence-corrected chi connectivity index (χ3v) is 3.40. The molecule has 0 bridgehead atoms. The van der Waals surface area contributed by atoms with Crippen LogP contribution in [-0.2, 0) is 0 Å². The molecule has 0 saturated carbocycles. The van der Waals surface area contributed by atoms with Gasteiger partial charge >= 0.3 is 0 Å². The van der Waals surface area contributed by atoms with Crippen LogP contribution in [0.15, 0.2) is 30.3 Å². The molecule has 0 spiro atoms. The molecule has 0 saturated heterocycles. The summed E-state index contributed by atoms with van der Waals surface area (Å²) in [5, 5.41) is 8.72. The van der Waals surface area contributed by atoms with Crippen LogP contribution in [0.2, 0.25) is 5.28 Å². The summed E-state index contributed by atoms with van der Waals surface area (Å²) in [5.74, 6) is 0.862. The molecule has 1 aromatic carbocycles. The van der Waals surface area contributed by atoms with Crippen molar-refractivity contribution >= 4 is 11.6 Å². The predicted molar refractivity (Wildman–Crippen MR) is 74.7 cm³/mol. The van der Waals surface area contributed by atoms with Gasteiger partial charge in [0.2, 0.25) is 5.28 Å². The Kier molecular flexibility index (Phi) is 4.37. The van der Waals surface area contributed by atoms with Gasteiger partial charge in [-0.05, 0) is 24.4 Å². The van der Waals surface area contributed by atoms with Crippen LogP contribution in [-0.4, -0.2) is 14.8 Å². The molecule has 1 atom stereocenters. The Labute approximate surface area is 113 Å². The van der Waals surface area contributed by atoms with Crippen LogP contribution >= 0.6 is 11.6 Å². The highest BCUT2D eigenvalue weighted by molar-refractivity contribution is 6.28. The van der Waals surface area contributed by atoms with Crippen LogP contribution in [0.1, 0.15) is 39.2 Å². The van der Waals surface area contributed by atoms with E-state index in [0.29, 0.717) is 11.3 Å². The molecule has 0 aliphatic rings. The average Bonchev–Trinajstić information content (AvgIpc) is 2.79. The minimum atomic E-state index is 0.368. The fourth-order valence-corrected chi connectivity index (χ4v) is 2.48. The van der Waals surface area contributed by atoms with Crippen LogP contribution in [0.25, 0.3) is 11.4 Å². The summed E-state index contributed by atoms with van der Waals surface area (Å²) in [7, 11) is 0. The van der Waals surface area contributed by atoms with Gasteiger partial charge in [0.25, 0.3) is 0 Å². The highest BCUT2D eigenvalue weighted by Gasteiger charge is 2.18. The maximum absolute atomic E-state index is 6.19. The highest BCUT2D eigenvalue weighted by Crippen LogP contribution is 2.28. The molecular weight excluding hydrogens is 246 g/mol. The molecule has 2 aromatic rings. The fourth-order valence-electron chi connectivity index (χ4n) is 2.23. The summed E-state index contributed by atoms with van der Waals surface area (Å²) in [6.45, 7) is 4.36. The van der Waals surface area contributed by atoms with E-state index in [2.05, 4.69) is 28.6 Å². The van der Waals surface area contributed by atoms with Gasteiger partial charge in [-0.2, -0.15) is 0 Å². The Morgan fingerprint density at radius 2 is 1.89 bits per heavy atom. The Morgan fingerprint density at radius 1 is 1.17 bits per heavy atom. The summed E-state index contributed by atoms with van der Waals surface area (Å²) in [6, 6.07) is 10.4. The lowest BCUT2D eigenvalue weighted by atomic mass is 10.1. The largest absolute Gasteiger partial charge is 0.295 e. The first kappa shape index (κ1) is 13.1. The molecule has 1 heterocycles. The number of rotatable bonds is 5. The van der Waals surface area contributed by atoms with Crippen LogP contribution in [0, 0.1) is 0 Å². The van der Waals surface area contributed by atoms with E-state index < -0.39 is 0 Å². The molecule has 1 unspecified atom stereocenters. The van der Waals surface area contributed by atoms with E-state index in [9.17, 15) is 0 Å². The molecule has 4 heteroatoms. The van der Waals surface area contributed by atoms with Gasteiger partial charge in [-0.15, -0.1) is 10.2 Å². The Balaban J connectivity index is 2.44. The van der Waals surface area contributed by atoms with E-state index in [1.54, 1.807) is 0 Å². The Bertz CT molecular complexity index is 493. The van der Waals surface area contributed by atoms with Crippen molar-refractivity contribution in [2.24, 2.45) is 0 Å². The zero-order valence-electron chi connectivity index (χ0n) is 10.8. The molecule has 3 nitrogen and oxygen atoms in total. The first-order valence-corrected chi connectivity index (χ1v) is 6.81. The van der Waals surface area contributed by atoms with Crippen molar-refractivity contribution in [3.05, 3.63) is 35.6 Å². The quantitative estimate of drug-likeness (QED) is 0.803. The maximum Gasteiger partial charge on any atom is 0.225 e. The van der Waals surface area contributed by atoms with Gasteiger partial charge in [0.1, 0.15) is 0 Å². The molecule has 1 aromatic heterocycles. The summed E-state index contributed by atoms with van der Waals surface area (Å²) < 4.78 is 2.06. The van der Waals surface area contributed by atoms with E-state index in [0.717, 1.165) is 30.7 Å². The Hall–Kier alpha value is -1.35. The summed E-state index contributed by atoms with van der Waals surface area (Å²) in [6.07, 6.45) is 3.25. The molecule has 2 rings (SSSR count).